The van der Waals surface area contributed by atoms with Crippen molar-refractivity contribution >= 4 is 28.8 Å². The Bertz CT molecular complexity index is 940. The van der Waals surface area contributed by atoms with Crippen LogP contribution in [0.25, 0.3) is 11.3 Å². The summed E-state index contributed by atoms with van der Waals surface area (Å²) in [5, 5.41) is 3.53. The molecule has 0 amide bonds. The summed E-state index contributed by atoms with van der Waals surface area (Å²) in [6.07, 6.45) is 3.33. The van der Waals surface area contributed by atoms with Gasteiger partial charge in [-0.1, -0.05) is 23.7 Å². The summed E-state index contributed by atoms with van der Waals surface area (Å²) in [6, 6.07) is 9.23. The molecule has 0 unspecified atom stereocenters. The number of halogens is 2. The summed E-state index contributed by atoms with van der Waals surface area (Å²) in [6.45, 7) is 1.50. The molecule has 7 heteroatoms. The zero-order valence-electron chi connectivity index (χ0n) is 14.9. The molecule has 0 spiro atoms. The SMILES string of the molecule is COc1ccccc1-c1csc(C2CCN(c3ncc(Cl)cc3F)CC2)n1. The molecular formula is C20H19ClFN3OS. The Kier molecular flexibility index (Phi) is 5.27. The molecule has 3 aromatic rings. The van der Waals surface area contributed by atoms with Crippen LogP contribution in [0.4, 0.5) is 10.2 Å². The number of thiazole rings is 1. The minimum atomic E-state index is -0.367. The van der Waals surface area contributed by atoms with E-state index in [1.54, 1.807) is 18.4 Å². The molecule has 1 aliphatic heterocycles. The maximum atomic E-state index is 14.1. The quantitative estimate of drug-likeness (QED) is 0.585. The number of aromatic nitrogens is 2. The highest BCUT2D eigenvalue weighted by Gasteiger charge is 2.25. The number of rotatable bonds is 4. The zero-order valence-corrected chi connectivity index (χ0v) is 16.4. The average molecular weight is 404 g/mol. The van der Waals surface area contributed by atoms with Crippen molar-refractivity contribution < 1.29 is 9.13 Å². The van der Waals surface area contributed by atoms with Gasteiger partial charge >= 0.3 is 0 Å². The summed E-state index contributed by atoms with van der Waals surface area (Å²) in [5.74, 6) is 1.22. The lowest BCUT2D eigenvalue weighted by Crippen LogP contribution is -2.34. The van der Waals surface area contributed by atoms with Crippen LogP contribution in [0.1, 0.15) is 23.8 Å². The number of ether oxygens (including phenoxy) is 1. The van der Waals surface area contributed by atoms with Crippen molar-refractivity contribution in [2.75, 3.05) is 25.1 Å². The number of nitrogens with zero attached hydrogens (tertiary/aromatic N) is 3. The number of hydrogen-bond donors (Lipinski definition) is 0. The molecule has 0 aliphatic carbocycles. The van der Waals surface area contributed by atoms with Crippen LogP contribution in [-0.4, -0.2) is 30.2 Å². The maximum Gasteiger partial charge on any atom is 0.167 e. The number of benzene rings is 1. The van der Waals surface area contributed by atoms with Crippen LogP contribution >= 0.6 is 22.9 Å². The van der Waals surface area contributed by atoms with Crippen molar-refractivity contribution in [3.05, 3.63) is 57.8 Å². The third kappa shape index (κ3) is 3.77. The Morgan fingerprint density at radius 1 is 1.26 bits per heavy atom. The molecule has 4 rings (SSSR count). The number of hydrogen-bond acceptors (Lipinski definition) is 5. The molecule has 1 aromatic carbocycles. The van der Waals surface area contributed by atoms with Gasteiger partial charge in [-0.25, -0.2) is 14.4 Å². The van der Waals surface area contributed by atoms with Crippen LogP contribution in [0.2, 0.25) is 5.02 Å². The van der Waals surface area contributed by atoms with E-state index in [0.717, 1.165) is 47.9 Å². The first-order chi connectivity index (χ1) is 13.2. The van der Waals surface area contributed by atoms with Gasteiger partial charge in [-0.3, -0.25) is 0 Å². The van der Waals surface area contributed by atoms with Crippen LogP contribution in [0, 0.1) is 5.82 Å². The zero-order chi connectivity index (χ0) is 18.8. The van der Waals surface area contributed by atoms with Gasteiger partial charge in [0.25, 0.3) is 0 Å². The lowest BCUT2D eigenvalue weighted by atomic mass is 9.97. The Balaban J connectivity index is 1.47. The molecule has 140 valence electrons. The molecule has 4 nitrogen and oxygen atoms in total. The summed E-state index contributed by atoms with van der Waals surface area (Å²) in [4.78, 5) is 11.0. The van der Waals surface area contributed by atoms with Gasteiger partial charge in [-0.2, -0.15) is 0 Å². The molecule has 0 radical (unpaired) electrons. The Labute approximate surface area is 166 Å². The van der Waals surface area contributed by atoms with Crippen LogP contribution < -0.4 is 9.64 Å². The predicted molar refractivity (Wildman–Crippen MR) is 107 cm³/mol. The summed E-state index contributed by atoms with van der Waals surface area (Å²) < 4.78 is 19.5. The molecule has 3 heterocycles. The maximum absolute atomic E-state index is 14.1. The lowest BCUT2D eigenvalue weighted by molar-refractivity contribution is 0.416. The van der Waals surface area contributed by atoms with E-state index in [9.17, 15) is 4.39 Å². The summed E-state index contributed by atoms with van der Waals surface area (Å²) >= 11 is 7.48. The molecule has 1 fully saturated rings. The molecule has 27 heavy (non-hydrogen) atoms. The Hall–Kier alpha value is -2.18. The second kappa shape index (κ2) is 7.82. The normalized spacial score (nSPS) is 15.1. The average Bonchev–Trinajstić information content (AvgIpc) is 3.18. The first-order valence-electron chi connectivity index (χ1n) is 8.80. The molecule has 1 saturated heterocycles. The standard InChI is InChI=1S/C20H19ClFN3OS/c1-26-18-5-3-2-4-15(18)17-12-27-20(24-17)13-6-8-25(9-7-13)19-16(22)10-14(21)11-23-19/h2-5,10-13H,6-9H2,1H3. The first-order valence-corrected chi connectivity index (χ1v) is 10.1. The van der Waals surface area contributed by atoms with Crippen molar-refractivity contribution in [3.63, 3.8) is 0 Å². The van der Waals surface area contributed by atoms with Crippen LogP contribution in [0.3, 0.4) is 0 Å². The topological polar surface area (TPSA) is 38.2 Å². The van der Waals surface area contributed by atoms with E-state index >= 15 is 0 Å². The van der Waals surface area contributed by atoms with Crippen molar-refractivity contribution in [1.82, 2.24) is 9.97 Å². The van der Waals surface area contributed by atoms with Gasteiger partial charge in [0.1, 0.15) is 5.75 Å². The predicted octanol–water partition coefficient (Wildman–Crippen LogP) is 5.39. The first kappa shape index (κ1) is 18.2. The largest absolute Gasteiger partial charge is 0.496 e. The van der Waals surface area contributed by atoms with Crippen molar-refractivity contribution in [1.29, 1.82) is 0 Å². The van der Waals surface area contributed by atoms with E-state index in [1.807, 2.05) is 29.2 Å². The second-order valence-corrected chi connectivity index (χ2v) is 7.82. The van der Waals surface area contributed by atoms with Gasteiger partial charge in [0, 0.05) is 36.1 Å². The molecular weight excluding hydrogens is 385 g/mol. The summed E-state index contributed by atoms with van der Waals surface area (Å²) in [5.41, 5.74) is 1.95. The molecule has 0 N–H and O–H groups in total. The molecule has 2 aromatic heterocycles. The molecule has 0 saturated carbocycles. The van der Waals surface area contributed by atoms with E-state index in [0.29, 0.717) is 16.8 Å². The highest BCUT2D eigenvalue weighted by molar-refractivity contribution is 7.10. The minimum absolute atomic E-state index is 0.317. The number of para-hydroxylation sites is 1. The van der Waals surface area contributed by atoms with Crippen LogP contribution in [0.15, 0.2) is 41.9 Å². The smallest absolute Gasteiger partial charge is 0.167 e. The van der Waals surface area contributed by atoms with Crippen molar-refractivity contribution in [2.45, 2.75) is 18.8 Å². The fourth-order valence-corrected chi connectivity index (χ4v) is 4.57. The molecule has 1 aliphatic rings. The monoisotopic (exact) mass is 403 g/mol. The van der Waals surface area contributed by atoms with Gasteiger partial charge in [0.2, 0.25) is 0 Å². The molecule has 0 bridgehead atoms. The van der Waals surface area contributed by atoms with Crippen molar-refractivity contribution in [3.8, 4) is 17.0 Å². The number of piperidine rings is 1. The lowest BCUT2D eigenvalue weighted by Gasteiger charge is -2.32. The highest BCUT2D eigenvalue weighted by atomic mass is 35.5. The molecule has 0 atom stereocenters. The van der Waals surface area contributed by atoms with Gasteiger partial charge in [-0.15, -0.1) is 11.3 Å². The fourth-order valence-electron chi connectivity index (χ4n) is 3.43. The van der Waals surface area contributed by atoms with E-state index in [4.69, 9.17) is 21.3 Å². The fraction of sp³-hybridized carbons (Fsp3) is 0.300. The van der Waals surface area contributed by atoms with Gasteiger partial charge in [-0.05, 0) is 31.0 Å². The van der Waals surface area contributed by atoms with Gasteiger partial charge in [0.05, 0.1) is 22.8 Å². The number of pyridine rings is 1. The van der Waals surface area contributed by atoms with Gasteiger partial charge < -0.3 is 9.64 Å². The van der Waals surface area contributed by atoms with Crippen LogP contribution in [-0.2, 0) is 0 Å². The van der Waals surface area contributed by atoms with Crippen molar-refractivity contribution in [2.24, 2.45) is 0 Å². The van der Waals surface area contributed by atoms with Gasteiger partial charge in [0.15, 0.2) is 11.6 Å². The van der Waals surface area contributed by atoms with E-state index < -0.39 is 0 Å². The Morgan fingerprint density at radius 3 is 2.78 bits per heavy atom. The number of anilines is 1. The second-order valence-electron chi connectivity index (χ2n) is 6.49. The highest BCUT2D eigenvalue weighted by Crippen LogP contribution is 2.36. The van der Waals surface area contributed by atoms with E-state index in [1.165, 1.54) is 12.3 Å². The third-order valence-electron chi connectivity index (χ3n) is 4.84. The number of methoxy groups -OCH3 is 1. The van der Waals surface area contributed by atoms with E-state index in [2.05, 4.69) is 10.4 Å². The van der Waals surface area contributed by atoms with E-state index in [-0.39, 0.29) is 5.82 Å². The van der Waals surface area contributed by atoms with Crippen LogP contribution in [0.5, 0.6) is 5.75 Å². The third-order valence-corrected chi connectivity index (χ3v) is 6.05. The summed E-state index contributed by atoms with van der Waals surface area (Å²) in [7, 11) is 1.67. The Morgan fingerprint density at radius 2 is 2.04 bits per heavy atom. The minimum Gasteiger partial charge on any atom is -0.496 e.